The van der Waals surface area contributed by atoms with E-state index < -0.39 is 5.60 Å². The van der Waals surface area contributed by atoms with E-state index in [4.69, 9.17) is 4.74 Å². The molecule has 1 aliphatic carbocycles. The Balaban J connectivity index is 2.65. The van der Waals surface area contributed by atoms with Crippen molar-refractivity contribution in [2.45, 2.75) is 25.9 Å². The van der Waals surface area contributed by atoms with E-state index in [9.17, 15) is 10.0 Å². The van der Waals surface area contributed by atoms with Gasteiger partial charge in [-0.15, -0.1) is 0 Å². The molecule has 0 spiro atoms. The molecule has 4 heteroatoms. The van der Waals surface area contributed by atoms with Gasteiger partial charge in [0.25, 0.3) is 0 Å². The van der Waals surface area contributed by atoms with Crippen LogP contribution in [0.2, 0.25) is 0 Å². The van der Waals surface area contributed by atoms with Crippen LogP contribution in [-0.2, 0) is 4.74 Å². The third-order valence-corrected chi connectivity index (χ3v) is 3.03. The van der Waals surface area contributed by atoms with E-state index in [0.717, 1.165) is 0 Å². The van der Waals surface area contributed by atoms with Crippen LogP contribution in [0, 0.1) is 16.2 Å². The predicted octanol–water partition coefficient (Wildman–Crippen LogP) is 1.18. The molecule has 0 aromatic rings. The van der Waals surface area contributed by atoms with E-state index in [-0.39, 0.29) is 17.9 Å². The number of nitroso groups, excluding NO2 is 1. The fourth-order valence-electron chi connectivity index (χ4n) is 2.46. The maximum Gasteiger partial charge on any atom is 0.110 e. The molecular weight excluding hydrogens is 170 g/mol. The van der Waals surface area contributed by atoms with Crippen LogP contribution in [0.5, 0.6) is 0 Å². The van der Waals surface area contributed by atoms with E-state index >= 15 is 0 Å². The molecule has 13 heavy (non-hydrogen) atoms. The number of methoxy groups -OCH3 is 1. The first-order chi connectivity index (χ1) is 5.96. The molecule has 0 aliphatic heterocycles. The lowest BCUT2D eigenvalue weighted by Crippen LogP contribution is -2.62. The Morgan fingerprint density at radius 3 is 2.62 bits per heavy atom. The van der Waals surface area contributed by atoms with Gasteiger partial charge in [0.2, 0.25) is 0 Å². The molecule has 0 amide bonds. The standard InChI is InChI=1S/C9H17NO3/c1-8(2)5-9(11,6-10-12)7(8)4-13-3/h7,11H,4-6H2,1-3H3/t7?,9-/m0/s1. The van der Waals surface area contributed by atoms with Crippen molar-refractivity contribution in [3.8, 4) is 0 Å². The quantitative estimate of drug-likeness (QED) is 0.672. The second kappa shape index (κ2) is 3.35. The Labute approximate surface area is 78.3 Å². The molecule has 1 aliphatic rings. The fraction of sp³-hybridized carbons (Fsp3) is 1.00. The lowest BCUT2D eigenvalue weighted by Gasteiger charge is -2.56. The second-order valence-electron chi connectivity index (χ2n) is 4.56. The molecule has 0 saturated heterocycles. The van der Waals surface area contributed by atoms with Crippen LogP contribution in [0.15, 0.2) is 5.18 Å². The number of hydrogen-bond donors (Lipinski definition) is 1. The Hall–Kier alpha value is -0.480. The minimum absolute atomic E-state index is 0.0164. The Morgan fingerprint density at radius 1 is 1.62 bits per heavy atom. The summed E-state index contributed by atoms with van der Waals surface area (Å²) in [5.41, 5.74) is -0.878. The molecule has 0 radical (unpaired) electrons. The third-order valence-electron chi connectivity index (χ3n) is 3.03. The minimum Gasteiger partial charge on any atom is -0.387 e. The van der Waals surface area contributed by atoms with Crippen LogP contribution < -0.4 is 0 Å². The largest absolute Gasteiger partial charge is 0.387 e. The summed E-state index contributed by atoms with van der Waals surface area (Å²) in [6, 6.07) is 0. The van der Waals surface area contributed by atoms with E-state index in [2.05, 4.69) is 19.0 Å². The van der Waals surface area contributed by atoms with E-state index in [1.807, 2.05) is 0 Å². The molecule has 4 nitrogen and oxygen atoms in total. The van der Waals surface area contributed by atoms with Crippen LogP contribution in [-0.4, -0.2) is 31.0 Å². The molecule has 1 unspecified atom stereocenters. The minimum atomic E-state index is -0.929. The van der Waals surface area contributed by atoms with Crippen LogP contribution in [0.1, 0.15) is 20.3 Å². The van der Waals surface area contributed by atoms with E-state index in [0.29, 0.717) is 13.0 Å². The summed E-state index contributed by atoms with van der Waals surface area (Å²) in [6.45, 7) is 4.59. The van der Waals surface area contributed by atoms with Gasteiger partial charge in [-0.05, 0) is 11.8 Å². The first-order valence-electron chi connectivity index (χ1n) is 4.47. The maximum absolute atomic E-state index is 10.1. The van der Waals surface area contributed by atoms with Gasteiger partial charge in [-0.3, -0.25) is 0 Å². The summed E-state index contributed by atoms with van der Waals surface area (Å²) in [7, 11) is 1.60. The number of nitrogens with zero attached hydrogens (tertiary/aromatic N) is 1. The normalized spacial score (nSPS) is 36.8. The molecule has 1 N–H and O–H groups in total. The SMILES string of the molecule is COCC1C(C)(C)C[C@]1(O)CN=O. The van der Waals surface area contributed by atoms with Gasteiger partial charge in [-0.25, -0.2) is 0 Å². The van der Waals surface area contributed by atoms with Crippen LogP contribution in [0.25, 0.3) is 0 Å². The van der Waals surface area contributed by atoms with Gasteiger partial charge in [0, 0.05) is 13.0 Å². The van der Waals surface area contributed by atoms with Crippen molar-refractivity contribution in [2.75, 3.05) is 20.3 Å². The van der Waals surface area contributed by atoms with Gasteiger partial charge in [0.15, 0.2) is 0 Å². The molecule has 0 aromatic carbocycles. The zero-order chi connectivity index (χ0) is 10.1. The smallest absolute Gasteiger partial charge is 0.110 e. The lowest BCUT2D eigenvalue weighted by molar-refractivity contribution is -0.190. The van der Waals surface area contributed by atoms with Gasteiger partial charge in [0.1, 0.15) is 6.54 Å². The average molecular weight is 187 g/mol. The Morgan fingerprint density at radius 2 is 2.23 bits per heavy atom. The van der Waals surface area contributed by atoms with Crippen molar-refractivity contribution < 1.29 is 9.84 Å². The van der Waals surface area contributed by atoms with Crippen LogP contribution >= 0.6 is 0 Å². The Kier molecular flexibility index (Phi) is 2.73. The highest BCUT2D eigenvalue weighted by molar-refractivity contribution is 5.08. The summed E-state index contributed by atoms with van der Waals surface area (Å²) < 4.78 is 5.02. The average Bonchev–Trinajstić information content (AvgIpc) is 1.99. The van der Waals surface area contributed by atoms with Crippen molar-refractivity contribution in [3.05, 3.63) is 4.91 Å². The van der Waals surface area contributed by atoms with Gasteiger partial charge in [-0.1, -0.05) is 19.0 Å². The highest BCUT2D eigenvalue weighted by Crippen LogP contribution is 2.53. The fourth-order valence-corrected chi connectivity index (χ4v) is 2.46. The van der Waals surface area contributed by atoms with Crippen molar-refractivity contribution >= 4 is 0 Å². The predicted molar refractivity (Wildman–Crippen MR) is 49.4 cm³/mol. The summed E-state index contributed by atoms with van der Waals surface area (Å²) in [6.07, 6.45) is 0.625. The highest BCUT2D eigenvalue weighted by atomic mass is 16.5. The number of aliphatic hydroxyl groups is 1. The zero-order valence-corrected chi connectivity index (χ0v) is 8.41. The molecule has 0 bridgehead atoms. The Bertz CT molecular complexity index is 205. The molecule has 0 heterocycles. The number of ether oxygens (including phenoxy) is 1. The third kappa shape index (κ3) is 1.74. The molecule has 0 aromatic heterocycles. The van der Waals surface area contributed by atoms with Crippen molar-refractivity contribution in [1.82, 2.24) is 0 Å². The van der Waals surface area contributed by atoms with Gasteiger partial charge in [-0.2, -0.15) is 4.91 Å². The topological polar surface area (TPSA) is 58.9 Å². The molecular formula is C9H17NO3. The first kappa shape index (κ1) is 10.6. The van der Waals surface area contributed by atoms with Crippen molar-refractivity contribution in [1.29, 1.82) is 0 Å². The van der Waals surface area contributed by atoms with Gasteiger partial charge in [0.05, 0.1) is 12.2 Å². The van der Waals surface area contributed by atoms with Crippen molar-refractivity contribution in [2.24, 2.45) is 16.5 Å². The molecule has 76 valence electrons. The number of hydrogen-bond acceptors (Lipinski definition) is 4. The van der Waals surface area contributed by atoms with Crippen LogP contribution in [0.4, 0.5) is 0 Å². The first-order valence-corrected chi connectivity index (χ1v) is 4.47. The highest BCUT2D eigenvalue weighted by Gasteiger charge is 2.57. The van der Waals surface area contributed by atoms with Gasteiger partial charge >= 0.3 is 0 Å². The van der Waals surface area contributed by atoms with E-state index in [1.54, 1.807) is 7.11 Å². The molecule has 1 rings (SSSR count). The maximum atomic E-state index is 10.1. The summed E-state index contributed by atoms with van der Waals surface area (Å²) in [5.74, 6) is 0.0164. The summed E-state index contributed by atoms with van der Waals surface area (Å²) >= 11 is 0. The van der Waals surface area contributed by atoms with Crippen molar-refractivity contribution in [3.63, 3.8) is 0 Å². The molecule has 1 fully saturated rings. The molecule has 1 saturated carbocycles. The number of rotatable bonds is 4. The van der Waals surface area contributed by atoms with Gasteiger partial charge < -0.3 is 9.84 Å². The lowest BCUT2D eigenvalue weighted by atomic mass is 9.53. The molecule has 2 atom stereocenters. The zero-order valence-electron chi connectivity index (χ0n) is 8.41. The summed E-state index contributed by atoms with van der Waals surface area (Å²) in [4.78, 5) is 10.1. The monoisotopic (exact) mass is 187 g/mol. The van der Waals surface area contributed by atoms with Crippen LogP contribution in [0.3, 0.4) is 0 Å². The summed E-state index contributed by atoms with van der Waals surface area (Å²) in [5, 5.41) is 12.7. The van der Waals surface area contributed by atoms with E-state index in [1.165, 1.54) is 0 Å². The second-order valence-corrected chi connectivity index (χ2v) is 4.56.